The summed E-state index contributed by atoms with van der Waals surface area (Å²) >= 11 is 7.88. The predicted molar refractivity (Wildman–Crippen MR) is 488 cm³/mol. The van der Waals surface area contributed by atoms with Gasteiger partial charge in [-0.05, 0) is 165 Å². The van der Waals surface area contributed by atoms with E-state index in [9.17, 15) is 19.2 Å². The molecular weight excluding hydrogens is 1630 g/mol. The second-order valence-electron chi connectivity index (χ2n) is 30.6. The summed E-state index contributed by atoms with van der Waals surface area (Å²) in [7, 11) is 6.32. The number of halogens is 1. The van der Waals surface area contributed by atoms with Gasteiger partial charge in [0.25, 0.3) is 5.56 Å². The molecule has 9 aromatic carbocycles. The number of rotatable bonds is 21. The van der Waals surface area contributed by atoms with E-state index in [-0.39, 0.29) is 49.9 Å². The Balaban J connectivity index is 0.000000137. The van der Waals surface area contributed by atoms with Gasteiger partial charge < -0.3 is 43.8 Å². The first-order valence-electron chi connectivity index (χ1n) is 41.0. The molecule has 17 rings (SSSR count). The lowest BCUT2D eigenvalue weighted by Crippen LogP contribution is -2.30. The van der Waals surface area contributed by atoms with Gasteiger partial charge in [0.2, 0.25) is 5.91 Å². The largest absolute Gasteiger partial charge is 0.497 e. The number of aliphatic hydroxyl groups excluding tert-OH is 1. The number of aryl methyl sites for hydroxylation is 9. The fraction of sp³-hybridized carbons (Fsp3) is 0.258. The highest BCUT2D eigenvalue weighted by atomic mass is 35.5. The molecule has 3 atom stereocenters. The highest BCUT2D eigenvalue weighted by molar-refractivity contribution is 7.15. The molecule has 5 aromatic heterocycles. The van der Waals surface area contributed by atoms with E-state index in [0.717, 1.165) is 118 Å². The van der Waals surface area contributed by atoms with Crippen LogP contribution in [0.1, 0.15) is 156 Å². The van der Waals surface area contributed by atoms with Crippen LogP contribution >= 0.6 is 22.9 Å². The third-order valence-corrected chi connectivity index (χ3v) is 23.1. The van der Waals surface area contributed by atoms with Gasteiger partial charge in [-0.25, -0.2) is 9.78 Å². The van der Waals surface area contributed by atoms with E-state index >= 15 is 0 Å². The highest BCUT2D eigenvalue weighted by Gasteiger charge is 2.35. The van der Waals surface area contributed by atoms with Crippen LogP contribution in [-0.4, -0.2) is 142 Å². The molecule has 0 saturated heterocycles. The van der Waals surface area contributed by atoms with Crippen molar-refractivity contribution >= 4 is 68.8 Å². The Morgan fingerprint density at radius 2 is 1.06 bits per heavy atom. The zero-order valence-electron chi connectivity index (χ0n) is 72.7. The molecule has 2 amide bonds. The molecule has 27 nitrogen and oxygen atoms in total. The molecule has 644 valence electrons. The molecule has 3 aliphatic heterocycles. The summed E-state index contributed by atoms with van der Waals surface area (Å²) in [6.07, 6.45) is -0.575. The number of nitrogens with zero attached hydrogens (tertiary/aromatic N) is 13. The van der Waals surface area contributed by atoms with Crippen molar-refractivity contribution in [2.45, 2.75) is 120 Å². The molecule has 0 spiro atoms. The van der Waals surface area contributed by atoms with Gasteiger partial charge in [0, 0.05) is 80.4 Å². The van der Waals surface area contributed by atoms with Crippen LogP contribution in [0, 0.1) is 69.2 Å². The Kier molecular flexibility index (Phi) is 27.4. The molecular formula is C97H97ClN16O11S. The van der Waals surface area contributed by atoms with E-state index in [2.05, 4.69) is 101 Å². The zero-order chi connectivity index (χ0) is 89.1. The summed E-state index contributed by atoms with van der Waals surface area (Å²) in [6.45, 7) is 22.7. The number of benzene rings is 9. The minimum absolute atomic E-state index is 0.0517. The number of fused-ring (bicyclic) bond motifs is 10. The zero-order valence-corrected chi connectivity index (χ0v) is 74.3. The number of ketones is 1. The van der Waals surface area contributed by atoms with Gasteiger partial charge in [0.1, 0.15) is 93.5 Å². The second-order valence-corrected chi connectivity index (χ2v) is 32.2. The number of ether oxygens (including phenoxy) is 6. The molecule has 0 fully saturated rings. The van der Waals surface area contributed by atoms with Gasteiger partial charge in [-0.15, -0.1) is 41.9 Å². The molecule has 0 bridgehead atoms. The first kappa shape index (κ1) is 88.2. The van der Waals surface area contributed by atoms with Crippen LogP contribution in [0.2, 0.25) is 5.02 Å². The van der Waals surface area contributed by atoms with Crippen molar-refractivity contribution in [3.8, 4) is 56.5 Å². The lowest BCUT2D eigenvalue weighted by atomic mass is 9.99. The summed E-state index contributed by atoms with van der Waals surface area (Å²) in [5, 5.41) is 42.9. The van der Waals surface area contributed by atoms with Gasteiger partial charge in [0.15, 0.2) is 23.6 Å². The summed E-state index contributed by atoms with van der Waals surface area (Å²) < 4.78 is 38.6. The lowest BCUT2D eigenvalue weighted by molar-refractivity contribution is -0.121. The first-order valence-corrected chi connectivity index (χ1v) is 42.2. The number of Topliss-reactive ketones (excluding diaryl/α,β-unsaturated/α-hetero) is 1. The van der Waals surface area contributed by atoms with Crippen LogP contribution in [0.5, 0.6) is 28.7 Å². The molecule has 126 heavy (non-hydrogen) atoms. The number of hydrogen-bond acceptors (Lipinski definition) is 22. The highest BCUT2D eigenvalue weighted by Crippen LogP contribution is 2.42. The van der Waals surface area contributed by atoms with E-state index in [1.165, 1.54) is 28.7 Å². The molecule has 8 heterocycles. The van der Waals surface area contributed by atoms with Crippen LogP contribution in [0.4, 0.5) is 4.79 Å². The number of alkyl carbamates (subject to hydrolysis) is 1. The number of H-pyrrole nitrogens is 1. The third-order valence-electron chi connectivity index (χ3n) is 21.6. The van der Waals surface area contributed by atoms with Crippen molar-refractivity contribution in [2.24, 2.45) is 15.0 Å². The van der Waals surface area contributed by atoms with E-state index in [0.29, 0.717) is 81.0 Å². The number of aromatic nitrogens is 11. The van der Waals surface area contributed by atoms with Crippen molar-refractivity contribution < 1.29 is 47.9 Å². The van der Waals surface area contributed by atoms with Gasteiger partial charge in [-0.1, -0.05) is 144 Å². The lowest BCUT2D eigenvalue weighted by Gasteiger charge is -2.14. The molecule has 29 heteroatoms. The fourth-order valence-corrected chi connectivity index (χ4v) is 16.6. The predicted octanol–water partition coefficient (Wildman–Crippen LogP) is 16.9. The minimum atomic E-state index is -0.811. The van der Waals surface area contributed by atoms with E-state index in [1.807, 2.05) is 216 Å². The molecule has 4 N–H and O–H groups in total. The number of nitrogens with one attached hydrogen (secondary N) is 3. The Bertz CT molecular complexity index is 6510. The number of carbonyl (C=O) groups excluding carboxylic acids is 3. The number of methoxy groups -OCH3 is 4. The molecule has 0 unspecified atom stereocenters. The van der Waals surface area contributed by atoms with Gasteiger partial charge in [-0.2, -0.15) is 0 Å². The maximum atomic E-state index is 13.2. The van der Waals surface area contributed by atoms with Crippen molar-refractivity contribution in [2.75, 3.05) is 48.2 Å². The van der Waals surface area contributed by atoms with Gasteiger partial charge in [0.05, 0.1) is 75.5 Å². The van der Waals surface area contributed by atoms with Crippen molar-refractivity contribution in [3.63, 3.8) is 0 Å². The molecule has 0 radical (unpaired) electrons. The Labute approximate surface area is 738 Å². The molecule has 3 aliphatic rings. The number of thiophene rings is 1. The van der Waals surface area contributed by atoms with Gasteiger partial charge >= 0.3 is 6.09 Å². The number of amides is 2. The van der Waals surface area contributed by atoms with Crippen molar-refractivity contribution in [1.82, 2.24) is 64.9 Å². The average Bonchev–Trinajstić information content (AvgIpc) is 1.56. The number of aliphatic imine (C=N–C) groups is 3. The van der Waals surface area contributed by atoms with Crippen LogP contribution in [0.15, 0.2) is 208 Å². The third kappa shape index (κ3) is 19.4. The Morgan fingerprint density at radius 3 is 1.63 bits per heavy atom. The van der Waals surface area contributed by atoms with Gasteiger partial charge in [-0.3, -0.25) is 48.4 Å². The van der Waals surface area contributed by atoms with E-state index < -0.39 is 24.3 Å². The van der Waals surface area contributed by atoms with Crippen LogP contribution in [0.25, 0.3) is 38.7 Å². The van der Waals surface area contributed by atoms with E-state index in [1.54, 1.807) is 44.8 Å². The standard InChI is InChI=1S/C27H25ClN4OS.C27H25N5O3.C23H25N5O2.C20H22N2O5/c1-15-5-7-19(8-6-15)13-22(33)14-23-26-31-30-18(4)32(26)27-24(16(2)17(3)34-27)25(29-23)20-9-11-21(28)12-10-20;1-17-9-11-20(12-10-17)24-22-15-21(34-3)13-14-23(22)32-18(2)30-31-26(32)25(28-24)29-27(33)35-16-19-7-5-4-6-8-19;1-5-24-21(29)13-19-23-27-26-15(3)28(23)20-11-10-17(30-4)12-18(20)22(25-19)16-8-6-14(2)7-9-16;1-11-7-13(8-12(2)18(11)27-6-5-23)19-21-15-9-14(25-3)10-16(26-4)17(15)20(24)22-19/h5-12,23H,13-14H2,1-4H3;4-15,25H,16H2,1-3H3,(H,29,33);6-12,19H,5,13H2,1-4H3,(H,24,29);7-10,23H,5-6H2,1-4H3,(H,21,22,24)/t23-;25-;19-;/m001./s1. The Morgan fingerprint density at radius 1 is 0.540 bits per heavy atom. The normalized spacial score (nSPS) is 13.8. The second kappa shape index (κ2) is 39.2. The van der Waals surface area contributed by atoms with Crippen molar-refractivity contribution in [1.29, 1.82) is 0 Å². The smallest absolute Gasteiger partial charge is 0.409 e. The Hall–Kier alpha value is -14.1. The molecule has 0 aliphatic carbocycles. The summed E-state index contributed by atoms with van der Waals surface area (Å²) in [6, 6.07) is 59.6. The molecule has 0 saturated carbocycles. The van der Waals surface area contributed by atoms with Crippen LogP contribution in [-0.2, 0) is 27.4 Å². The average molecular weight is 1730 g/mol. The number of hydrogen-bond donors (Lipinski definition) is 4. The maximum absolute atomic E-state index is 13.2. The molecule has 14 aromatic rings. The number of aliphatic hydroxyl groups is 1. The SMILES string of the molecule is CCNC(=O)C[C@H]1N=C(c2ccc(C)cc2)c2cc(OC)ccc2-n2c(C)nnc21.COc1cc(OC)c2c(=O)[nH]c(-c3cc(C)c(OCCO)c(C)c3)nc2c1.COc1ccc2c(c1)C(c1ccc(C)cc1)=N[C@@H](NC(=O)OCc1ccccc1)c1nnc(C)n1-2.Cc1ccc(CC(=O)C[C@@H]2N=C(c3ccc(Cl)cc3)c3c(sc(C)c3C)-n3c(C)nnc32)cc1. The summed E-state index contributed by atoms with van der Waals surface area (Å²) in [4.78, 5) is 74.9. The fourth-order valence-electron chi connectivity index (χ4n) is 15.2. The summed E-state index contributed by atoms with van der Waals surface area (Å²) in [5.74, 6) is 7.71. The maximum Gasteiger partial charge on any atom is 0.409 e. The topological polar surface area (TPSA) is 326 Å². The van der Waals surface area contributed by atoms with Crippen LogP contribution in [0.3, 0.4) is 0 Å². The van der Waals surface area contributed by atoms with Crippen molar-refractivity contribution in [3.05, 3.63) is 321 Å². The minimum Gasteiger partial charge on any atom is -0.497 e. The number of aromatic amines is 1. The monoisotopic (exact) mass is 1730 g/mol. The number of carbonyl (C=O) groups is 3. The van der Waals surface area contributed by atoms with E-state index in [4.69, 9.17) is 60.1 Å². The summed E-state index contributed by atoms with van der Waals surface area (Å²) in [5.41, 5.74) is 19.2. The van der Waals surface area contributed by atoms with Crippen LogP contribution < -0.4 is 39.9 Å². The quantitative estimate of drug-likeness (QED) is 0.0519. The first-order chi connectivity index (χ1) is 60.8.